The number of amides is 1. The number of ether oxygens (including phenoxy) is 1. The maximum absolute atomic E-state index is 12.3. The van der Waals surface area contributed by atoms with Crippen LogP contribution in [0.5, 0.6) is 5.88 Å². The lowest BCUT2D eigenvalue weighted by Crippen LogP contribution is -2.16. The van der Waals surface area contributed by atoms with Gasteiger partial charge in [0.15, 0.2) is 5.16 Å². The van der Waals surface area contributed by atoms with E-state index in [9.17, 15) is 14.9 Å². The third-order valence-corrected chi connectivity index (χ3v) is 4.81. The molecule has 0 atom stereocenters. The molecule has 3 rings (SSSR count). The molecule has 0 fully saturated rings. The Morgan fingerprint density at radius 3 is 2.75 bits per heavy atom. The number of thioether (sulfide) groups is 1. The second-order valence-electron chi connectivity index (χ2n) is 5.78. The van der Waals surface area contributed by atoms with Crippen LogP contribution in [0.1, 0.15) is 11.1 Å². The molecule has 3 aromatic rings. The standard InChI is InChI=1S/C19H17N5O3S/c1-11-13(9-20)18(24-17(11)12-6-4-3-5-7-12)21-15(26)10-28-19-22-14(25)8-16(23-19)27-2/h3-8,24H,10H2,1-2H3,(H,21,26)(H,22,23,25). The Morgan fingerprint density at radius 1 is 1.32 bits per heavy atom. The summed E-state index contributed by atoms with van der Waals surface area (Å²) in [5, 5.41) is 12.5. The molecule has 0 spiro atoms. The number of anilines is 1. The van der Waals surface area contributed by atoms with Gasteiger partial charge in [0, 0.05) is 0 Å². The molecular weight excluding hydrogens is 378 g/mol. The number of benzene rings is 1. The minimum absolute atomic E-state index is 0.000284. The molecule has 0 aliphatic carbocycles. The molecule has 0 saturated heterocycles. The van der Waals surface area contributed by atoms with Gasteiger partial charge in [-0.25, -0.2) is 0 Å². The van der Waals surface area contributed by atoms with Crippen molar-refractivity contribution < 1.29 is 9.53 Å². The number of nitrogens with one attached hydrogen (secondary N) is 3. The van der Waals surface area contributed by atoms with Crippen LogP contribution in [-0.2, 0) is 4.79 Å². The molecule has 9 heteroatoms. The first kappa shape index (κ1) is 19.3. The van der Waals surface area contributed by atoms with Gasteiger partial charge < -0.3 is 20.0 Å². The van der Waals surface area contributed by atoms with E-state index < -0.39 is 0 Å². The predicted molar refractivity (Wildman–Crippen MR) is 106 cm³/mol. The van der Waals surface area contributed by atoms with Gasteiger partial charge in [-0.05, 0) is 18.1 Å². The van der Waals surface area contributed by atoms with Gasteiger partial charge >= 0.3 is 0 Å². The number of aromatic nitrogens is 3. The first-order chi connectivity index (χ1) is 13.5. The highest BCUT2D eigenvalue weighted by atomic mass is 32.2. The fraction of sp³-hybridized carbons (Fsp3) is 0.158. The summed E-state index contributed by atoms with van der Waals surface area (Å²) in [6.07, 6.45) is 0. The number of nitrogens with zero attached hydrogens (tertiary/aromatic N) is 2. The van der Waals surface area contributed by atoms with Crippen LogP contribution in [0.15, 0.2) is 46.3 Å². The van der Waals surface area contributed by atoms with Crippen LogP contribution in [0.2, 0.25) is 0 Å². The smallest absolute Gasteiger partial charge is 0.255 e. The zero-order valence-electron chi connectivity index (χ0n) is 15.2. The monoisotopic (exact) mass is 395 g/mol. The number of carbonyl (C=O) groups excluding carboxylic acids is 1. The molecule has 3 N–H and O–H groups in total. The molecule has 0 radical (unpaired) electrons. The van der Waals surface area contributed by atoms with Crippen LogP contribution in [0, 0.1) is 18.3 Å². The molecule has 2 heterocycles. The van der Waals surface area contributed by atoms with Crippen LogP contribution in [0.3, 0.4) is 0 Å². The number of carbonyl (C=O) groups is 1. The summed E-state index contributed by atoms with van der Waals surface area (Å²) in [5.74, 6) is 0.176. The zero-order valence-corrected chi connectivity index (χ0v) is 16.0. The second kappa shape index (κ2) is 8.45. The number of rotatable bonds is 6. The molecule has 0 bridgehead atoms. The van der Waals surface area contributed by atoms with E-state index in [4.69, 9.17) is 4.74 Å². The summed E-state index contributed by atoms with van der Waals surface area (Å²) < 4.78 is 4.94. The van der Waals surface area contributed by atoms with Gasteiger partial charge in [-0.15, -0.1) is 0 Å². The van der Waals surface area contributed by atoms with Crippen molar-refractivity contribution in [2.45, 2.75) is 12.1 Å². The van der Waals surface area contributed by atoms with Gasteiger partial charge in [0.1, 0.15) is 11.9 Å². The molecular formula is C19H17N5O3S. The average Bonchev–Trinajstić information content (AvgIpc) is 3.01. The van der Waals surface area contributed by atoms with Crippen molar-refractivity contribution in [2.24, 2.45) is 0 Å². The SMILES string of the molecule is COc1cc(=O)[nH]c(SCC(=O)Nc2[nH]c(-c3ccccc3)c(C)c2C#N)n1. The molecule has 0 saturated carbocycles. The molecule has 1 amide bonds. The van der Waals surface area contributed by atoms with E-state index in [0.717, 1.165) is 28.6 Å². The van der Waals surface area contributed by atoms with Gasteiger partial charge in [-0.3, -0.25) is 9.59 Å². The zero-order chi connectivity index (χ0) is 20.1. The average molecular weight is 395 g/mol. The van der Waals surface area contributed by atoms with Gasteiger partial charge in [-0.2, -0.15) is 10.2 Å². The van der Waals surface area contributed by atoms with E-state index in [-0.39, 0.29) is 28.3 Å². The van der Waals surface area contributed by atoms with Crippen molar-refractivity contribution in [3.05, 3.63) is 57.9 Å². The summed E-state index contributed by atoms with van der Waals surface area (Å²) in [4.78, 5) is 33.6. The van der Waals surface area contributed by atoms with E-state index in [0.29, 0.717) is 11.4 Å². The lowest BCUT2D eigenvalue weighted by atomic mass is 10.1. The van der Waals surface area contributed by atoms with Crippen molar-refractivity contribution in [3.8, 4) is 23.2 Å². The van der Waals surface area contributed by atoms with E-state index in [1.165, 1.54) is 13.2 Å². The minimum atomic E-state index is -0.367. The summed E-state index contributed by atoms with van der Waals surface area (Å²) >= 11 is 1.06. The van der Waals surface area contributed by atoms with Crippen molar-refractivity contribution in [1.29, 1.82) is 5.26 Å². The van der Waals surface area contributed by atoms with Crippen molar-refractivity contribution in [1.82, 2.24) is 15.0 Å². The Hall–Kier alpha value is -3.51. The van der Waals surface area contributed by atoms with E-state index >= 15 is 0 Å². The maximum Gasteiger partial charge on any atom is 0.255 e. The second-order valence-corrected chi connectivity index (χ2v) is 6.75. The first-order valence-electron chi connectivity index (χ1n) is 8.28. The van der Waals surface area contributed by atoms with Crippen molar-refractivity contribution >= 4 is 23.5 Å². The van der Waals surface area contributed by atoms with Crippen LogP contribution >= 0.6 is 11.8 Å². The van der Waals surface area contributed by atoms with E-state index in [1.54, 1.807) is 0 Å². The number of nitriles is 1. The van der Waals surface area contributed by atoms with Gasteiger partial charge in [0.25, 0.3) is 5.56 Å². The summed E-state index contributed by atoms with van der Waals surface area (Å²) in [6, 6.07) is 12.9. The van der Waals surface area contributed by atoms with Gasteiger partial charge in [0.05, 0.1) is 30.2 Å². The van der Waals surface area contributed by atoms with Crippen LogP contribution in [0.25, 0.3) is 11.3 Å². The van der Waals surface area contributed by atoms with Crippen LogP contribution in [0.4, 0.5) is 5.82 Å². The molecule has 1 aromatic carbocycles. The fourth-order valence-corrected chi connectivity index (χ4v) is 3.28. The summed E-state index contributed by atoms with van der Waals surface area (Å²) in [5.41, 5.74) is 2.47. The van der Waals surface area contributed by atoms with Crippen molar-refractivity contribution in [2.75, 3.05) is 18.2 Å². The fourth-order valence-electron chi connectivity index (χ4n) is 2.62. The number of methoxy groups -OCH3 is 1. The highest BCUT2D eigenvalue weighted by Gasteiger charge is 2.17. The lowest BCUT2D eigenvalue weighted by molar-refractivity contribution is -0.113. The molecule has 2 aromatic heterocycles. The molecule has 28 heavy (non-hydrogen) atoms. The topological polar surface area (TPSA) is 124 Å². The maximum atomic E-state index is 12.3. The summed E-state index contributed by atoms with van der Waals surface area (Å²) in [7, 11) is 1.41. The Morgan fingerprint density at radius 2 is 2.07 bits per heavy atom. The highest BCUT2D eigenvalue weighted by Crippen LogP contribution is 2.30. The summed E-state index contributed by atoms with van der Waals surface area (Å²) in [6.45, 7) is 1.83. The third kappa shape index (κ3) is 4.24. The van der Waals surface area contributed by atoms with Gasteiger partial charge in [-0.1, -0.05) is 42.1 Å². The Bertz CT molecular complexity index is 1100. The highest BCUT2D eigenvalue weighted by molar-refractivity contribution is 7.99. The first-order valence-corrected chi connectivity index (χ1v) is 9.26. The normalized spacial score (nSPS) is 10.3. The third-order valence-electron chi connectivity index (χ3n) is 3.93. The Labute approximate surface area is 165 Å². The molecule has 8 nitrogen and oxygen atoms in total. The van der Waals surface area contributed by atoms with Crippen molar-refractivity contribution in [3.63, 3.8) is 0 Å². The molecule has 0 unspecified atom stereocenters. The largest absolute Gasteiger partial charge is 0.481 e. The van der Waals surface area contributed by atoms with Gasteiger partial charge in [0.2, 0.25) is 11.8 Å². The number of H-pyrrole nitrogens is 2. The Balaban J connectivity index is 1.75. The number of hydrogen-bond acceptors (Lipinski definition) is 6. The van der Waals surface area contributed by atoms with Crippen LogP contribution in [-0.4, -0.2) is 33.7 Å². The Kier molecular flexibility index (Phi) is 5.81. The minimum Gasteiger partial charge on any atom is -0.481 e. The molecule has 142 valence electrons. The van der Waals surface area contributed by atoms with Crippen LogP contribution < -0.4 is 15.6 Å². The van der Waals surface area contributed by atoms with E-state index in [2.05, 4.69) is 26.3 Å². The van der Waals surface area contributed by atoms with E-state index in [1.807, 2.05) is 37.3 Å². The lowest BCUT2D eigenvalue weighted by Gasteiger charge is -2.05. The number of aromatic amines is 2. The molecule has 0 aliphatic rings. The quantitative estimate of drug-likeness (QED) is 0.435. The number of hydrogen-bond donors (Lipinski definition) is 3. The predicted octanol–water partition coefficient (Wildman–Crippen LogP) is 2.68. The molecule has 0 aliphatic heterocycles.